The molecule has 0 radical (unpaired) electrons. The zero-order valence-electron chi connectivity index (χ0n) is 11.6. The number of rotatable bonds is 8. The molecule has 1 N–H and O–H groups in total. The van der Waals surface area contributed by atoms with Gasteiger partial charge in [-0.1, -0.05) is 12.1 Å². The van der Waals surface area contributed by atoms with Crippen molar-refractivity contribution in [1.82, 2.24) is 4.98 Å². The third kappa shape index (κ3) is 3.74. The van der Waals surface area contributed by atoms with Gasteiger partial charge < -0.3 is 14.8 Å². The minimum Gasteiger partial charge on any atom is -0.496 e. The van der Waals surface area contributed by atoms with Crippen LogP contribution in [0.2, 0.25) is 0 Å². The second kappa shape index (κ2) is 7.92. The first kappa shape index (κ1) is 14.9. The molecule has 1 aromatic heterocycles. The fraction of sp³-hybridized carbons (Fsp3) is 0.400. The van der Waals surface area contributed by atoms with Gasteiger partial charge in [-0.3, -0.25) is 0 Å². The third-order valence-electron chi connectivity index (χ3n) is 2.97. The minimum atomic E-state index is 0.540. The van der Waals surface area contributed by atoms with Gasteiger partial charge in [0.05, 0.1) is 13.7 Å². The largest absolute Gasteiger partial charge is 0.496 e. The van der Waals surface area contributed by atoms with E-state index in [-0.39, 0.29) is 0 Å². The number of halogens is 1. The second-order valence-electron chi connectivity index (χ2n) is 4.30. The summed E-state index contributed by atoms with van der Waals surface area (Å²) in [5.41, 5.74) is 0. The lowest BCUT2D eigenvalue weighted by molar-refractivity contribution is 0.149. The predicted octanol–water partition coefficient (Wildman–Crippen LogP) is 3.30. The first-order chi connectivity index (χ1) is 9.86. The number of methoxy groups -OCH3 is 1. The van der Waals surface area contributed by atoms with Crippen molar-refractivity contribution in [3.8, 4) is 5.75 Å². The Morgan fingerprint density at radius 2 is 2.10 bits per heavy atom. The Balaban J connectivity index is 2.00. The lowest BCUT2D eigenvalue weighted by atomic mass is 10.1. The molecular formula is C15H19ClN2O2. The maximum Gasteiger partial charge on any atom is 0.133 e. The number of ether oxygens (including phenoxy) is 2. The van der Waals surface area contributed by atoms with Crippen molar-refractivity contribution in [2.45, 2.75) is 6.42 Å². The summed E-state index contributed by atoms with van der Waals surface area (Å²) in [6.07, 6.45) is 2.70. The summed E-state index contributed by atoms with van der Waals surface area (Å²) in [6.45, 7) is 2.12. The van der Waals surface area contributed by atoms with Crippen LogP contribution in [0, 0.1) is 0 Å². The Hall–Kier alpha value is -1.52. The van der Waals surface area contributed by atoms with E-state index in [1.54, 1.807) is 13.3 Å². The first-order valence-electron chi connectivity index (χ1n) is 6.66. The summed E-state index contributed by atoms with van der Waals surface area (Å²) >= 11 is 5.54. The molecule has 1 aromatic carbocycles. The Bertz CT molecular complexity index is 548. The molecule has 2 rings (SSSR count). The van der Waals surface area contributed by atoms with E-state index in [2.05, 4.69) is 10.3 Å². The number of anilines is 1. The SMILES string of the molecule is COc1cccc2c(NCCCOCCCl)nccc12. The van der Waals surface area contributed by atoms with Gasteiger partial charge in [0.2, 0.25) is 0 Å². The number of hydrogen-bond acceptors (Lipinski definition) is 4. The van der Waals surface area contributed by atoms with Gasteiger partial charge in [-0.15, -0.1) is 11.6 Å². The number of fused-ring (bicyclic) bond motifs is 1. The topological polar surface area (TPSA) is 43.4 Å². The molecule has 2 aromatic rings. The number of hydrogen-bond donors (Lipinski definition) is 1. The second-order valence-corrected chi connectivity index (χ2v) is 4.67. The van der Waals surface area contributed by atoms with Crippen LogP contribution in [0.1, 0.15) is 6.42 Å². The van der Waals surface area contributed by atoms with Crippen molar-refractivity contribution in [2.75, 3.05) is 38.1 Å². The van der Waals surface area contributed by atoms with Crippen LogP contribution in [0.25, 0.3) is 10.8 Å². The summed E-state index contributed by atoms with van der Waals surface area (Å²) in [4.78, 5) is 4.39. The molecule has 0 amide bonds. The Morgan fingerprint density at radius 3 is 2.90 bits per heavy atom. The van der Waals surface area contributed by atoms with Crippen molar-refractivity contribution in [3.63, 3.8) is 0 Å². The predicted molar refractivity (Wildman–Crippen MR) is 82.9 cm³/mol. The maximum atomic E-state index is 5.54. The van der Waals surface area contributed by atoms with Gasteiger partial charge in [-0.25, -0.2) is 4.98 Å². The number of alkyl halides is 1. The molecule has 0 atom stereocenters. The van der Waals surface area contributed by atoms with Crippen LogP contribution in [0.3, 0.4) is 0 Å². The Morgan fingerprint density at radius 1 is 1.20 bits per heavy atom. The molecule has 0 saturated carbocycles. The minimum absolute atomic E-state index is 0.540. The molecule has 108 valence electrons. The average molecular weight is 295 g/mol. The molecular weight excluding hydrogens is 276 g/mol. The van der Waals surface area contributed by atoms with Gasteiger partial charge in [0.25, 0.3) is 0 Å². The molecule has 0 bridgehead atoms. The van der Waals surface area contributed by atoms with Crippen LogP contribution in [0.5, 0.6) is 5.75 Å². The highest BCUT2D eigenvalue weighted by molar-refractivity contribution is 6.17. The molecule has 0 saturated heterocycles. The lowest BCUT2D eigenvalue weighted by Crippen LogP contribution is -2.08. The molecule has 1 heterocycles. The molecule has 4 nitrogen and oxygen atoms in total. The zero-order chi connectivity index (χ0) is 14.2. The van der Waals surface area contributed by atoms with Crippen LogP contribution in [-0.4, -0.2) is 37.7 Å². The van der Waals surface area contributed by atoms with Crippen LogP contribution in [0.4, 0.5) is 5.82 Å². The average Bonchev–Trinajstić information content (AvgIpc) is 2.50. The molecule has 0 aliphatic rings. The molecule has 20 heavy (non-hydrogen) atoms. The molecule has 5 heteroatoms. The van der Waals surface area contributed by atoms with E-state index >= 15 is 0 Å². The third-order valence-corrected chi connectivity index (χ3v) is 3.12. The summed E-state index contributed by atoms with van der Waals surface area (Å²) in [6, 6.07) is 7.92. The highest BCUT2D eigenvalue weighted by Gasteiger charge is 2.05. The van der Waals surface area contributed by atoms with Crippen LogP contribution in [-0.2, 0) is 4.74 Å². The number of pyridine rings is 1. The van der Waals surface area contributed by atoms with Gasteiger partial charge in [0.1, 0.15) is 11.6 Å². The van der Waals surface area contributed by atoms with E-state index in [1.165, 1.54) is 0 Å². The standard InChI is InChI=1S/C15H19ClN2O2/c1-19-14-5-2-4-13-12(14)6-9-18-15(13)17-8-3-10-20-11-7-16/h2,4-6,9H,3,7-8,10-11H2,1H3,(H,17,18). The number of nitrogens with one attached hydrogen (secondary N) is 1. The summed E-state index contributed by atoms with van der Waals surface area (Å²) in [5, 5.41) is 5.46. The van der Waals surface area contributed by atoms with Gasteiger partial charge in [-0.2, -0.15) is 0 Å². The Labute approximate surface area is 124 Å². The van der Waals surface area contributed by atoms with E-state index in [0.29, 0.717) is 19.1 Å². The van der Waals surface area contributed by atoms with Crippen LogP contribution < -0.4 is 10.1 Å². The van der Waals surface area contributed by atoms with Gasteiger partial charge in [-0.05, 0) is 18.6 Å². The van der Waals surface area contributed by atoms with Crippen molar-refractivity contribution in [3.05, 3.63) is 30.5 Å². The summed E-state index contributed by atoms with van der Waals surface area (Å²) in [7, 11) is 1.68. The highest BCUT2D eigenvalue weighted by atomic mass is 35.5. The summed E-state index contributed by atoms with van der Waals surface area (Å²) in [5.74, 6) is 2.27. The van der Waals surface area contributed by atoms with Crippen LogP contribution >= 0.6 is 11.6 Å². The smallest absolute Gasteiger partial charge is 0.133 e. The van der Waals surface area contributed by atoms with Crippen molar-refractivity contribution < 1.29 is 9.47 Å². The number of aromatic nitrogens is 1. The normalized spacial score (nSPS) is 10.7. The zero-order valence-corrected chi connectivity index (χ0v) is 12.3. The molecule has 0 fully saturated rings. The maximum absolute atomic E-state index is 5.54. The quantitative estimate of drug-likeness (QED) is 0.599. The number of nitrogens with zero attached hydrogens (tertiary/aromatic N) is 1. The number of benzene rings is 1. The van der Waals surface area contributed by atoms with E-state index < -0.39 is 0 Å². The van der Waals surface area contributed by atoms with E-state index in [9.17, 15) is 0 Å². The van der Waals surface area contributed by atoms with Gasteiger partial charge >= 0.3 is 0 Å². The monoisotopic (exact) mass is 294 g/mol. The fourth-order valence-electron chi connectivity index (χ4n) is 2.03. The summed E-state index contributed by atoms with van der Waals surface area (Å²) < 4.78 is 10.7. The molecule has 0 unspecified atom stereocenters. The molecule has 0 spiro atoms. The van der Waals surface area contributed by atoms with Crippen molar-refractivity contribution in [2.24, 2.45) is 0 Å². The first-order valence-corrected chi connectivity index (χ1v) is 7.19. The van der Waals surface area contributed by atoms with Crippen LogP contribution in [0.15, 0.2) is 30.5 Å². The van der Waals surface area contributed by atoms with E-state index in [4.69, 9.17) is 21.1 Å². The van der Waals surface area contributed by atoms with E-state index in [1.807, 2.05) is 24.3 Å². The highest BCUT2D eigenvalue weighted by Crippen LogP contribution is 2.28. The molecule has 0 aliphatic carbocycles. The molecule has 0 aliphatic heterocycles. The van der Waals surface area contributed by atoms with Crippen molar-refractivity contribution >= 4 is 28.2 Å². The lowest BCUT2D eigenvalue weighted by Gasteiger charge is -2.10. The van der Waals surface area contributed by atoms with E-state index in [0.717, 1.165) is 35.3 Å². The Kier molecular flexibility index (Phi) is 5.89. The van der Waals surface area contributed by atoms with Crippen molar-refractivity contribution in [1.29, 1.82) is 0 Å². The fourth-order valence-corrected chi connectivity index (χ4v) is 2.14. The van der Waals surface area contributed by atoms with Gasteiger partial charge in [0, 0.05) is 36.0 Å². The van der Waals surface area contributed by atoms with Gasteiger partial charge in [0.15, 0.2) is 0 Å².